The van der Waals surface area contributed by atoms with Gasteiger partial charge in [-0.15, -0.1) is 0 Å². The number of carbonyl (C=O) groups excluding carboxylic acids is 1. The van der Waals surface area contributed by atoms with Crippen LogP contribution in [0.5, 0.6) is 5.75 Å². The van der Waals surface area contributed by atoms with E-state index in [0.717, 1.165) is 24.2 Å². The number of amides is 1. The lowest BCUT2D eigenvalue weighted by Crippen LogP contribution is -2.12. The molecular formula is C25H24ClN3O3. The van der Waals surface area contributed by atoms with Crippen molar-refractivity contribution in [2.24, 2.45) is 0 Å². The van der Waals surface area contributed by atoms with Crippen LogP contribution in [0.1, 0.15) is 40.8 Å². The third kappa shape index (κ3) is 5.80. The van der Waals surface area contributed by atoms with Gasteiger partial charge in [0.05, 0.1) is 6.54 Å². The largest absolute Gasteiger partial charge is 0.486 e. The minimum absolute atomic E-state index is 0.203. The number of nitrogens with one attached hydrogen (secondary N) is 1. The van der Waals surface area contributed by atoms with E-state index in [1.165, 1.54) is 5.56 Å². The number of aromatic nitrogens is 2. The van der Waals surface area contributed by atoms with Crippen LogP contribution in [0.25, 0.3) is 0 Å². The minimum Gasteiger partial charge on any atom is -0.486 e. The summed E-state index contributed by atoms with van der Waals surface area (Å²) in [5.41, 5.74) is 2.35. The summed E-state index contributed by atoms with van der Waals surface area (Å²) in [6, 6.07) is 20.7. The Labute approximate surface area is 191 Å². The number of rotatable bonds is 9. The summed E-state index contributed by atoms with van der Waals surface area (Å²) in [5.74, 6) is 1.62. The summed E-state index contributed by atoms with van der Waals surface area (Å²) in [4.78, 5) is 12.5. The summed E-state index contributed by atoms with van der Waals surface area (Å²) in [5, 5.41) is 7.82. The van der Waals surface area contributed by atoms with E-state index in [2.05, 4.69) is 29.5 Å². The molecule has 1 amide bonds. The number of benzene rings is 2. The number of nitrogens with zero attached hydrogens (tertiary/aromatic N) is 2. The molecule has 0 radical (unpaired) electrons. The van der Waals surface area contributed by atoms with Gasteiger partial charge in [-0.3, -0.25) is 9.48 Å². The fourth-order valence-electron chi connectivity index (χ4n) is 3.24. The Kier molecular flexibility index (Phi) is 6.92. The number of aryl methyl sites for hydroxylation is 1. The number of halogens is 1. The SMILES string of the molecule is CCCc1ccc(OCc2ccc(C(=O)Nc3ccn(Cc4ccc(Cl)cc4)n3)o2)cc1. The van der Waals surface area contributed by atoms with Gasteiger partial charge in [0.25, 0.3) is 5.91 Å². The van der Waals surface area contributed by atoms with Crippen molar-refractivity contribution in [2.45, 2.75) is 32.9 Å². The van der Waals surface area contributed by atoms with E-state index in [0.29, 0.717) is 23.1 Å². The smallest absolute Gasteiger partial charge is 0.292 e. The van der Waals surface area contributed by atoms with E-state index >= 15 is 0 Å². The van der Waals surface area contributed by atoms with Crippen molar-refractivity contribution in [1.82, 2.24) is 9.78 Å². The predicted octanol–water partition coefficient (Wildman–Crippen LogP) is 5.96. The van der Waals surface area contributed by atoms with Crippen LogP contribution in [0, 0.1) is 0 Å². The molecule has 4 aromatic rings. The van der Waals surface area contributed by atoms with Crippen LogP contribution in [0.15, 0.2) is 77.3 Å². The Bertz CT molecular complexity index is 1160. The molecule has 0 aliphatic heterocycles. The molecule has 0 aliphatic carbocycles. The van der Waals surface area contributed by atoms with Crippen molar-refractivity contribution in [3.05, 3.63) is 101 Å². The Morgan fingerprint density at radius 1 is 1.03 bits per heavy atom. The number of anilines is 1. The van der Waals surface area contributed by atoms with Crippen LogP contribution in [-0.2, 0) is 19.6 Å². The lowest BCUT2D eigenvalue weighted by molar-refractivity contribution is 0.0992. The predicted molar refractivity (Wildman–Crippen MR) is 124 cm³/mol. The van der Waals surface area contributed by atoms with Crippen LogP contribution in [0.4, 0.5) is 5.82 Å². The highest BCUT2D eigenvalue weighted by molar-refractivity contribution is 6.30. The second kappa shape index (κ2) is 10.2. The number of hydrogen-bond donors (Lipinski definition) is 1. The van der Waals surface area contributed by atoms with Gasteiger partial charge in [-0.2, -0.15) is 5.10 Å². The molecule has 6 nitrogen and oxygen atoms in total. The molecule has 0 aliphatic rings. The maximum Gasteiger partial charge on any atom is 0.292 e. The van der Waals surface area contributed by atoms with E-state index < -0.39 is 0 Å². The zero-order chi connectivity index (χ0) is 22.3. The van der Waals surface area contributed by atoms with Gasteiger partial charge in [0.15, 0.2) is 11.6 Å². The number of carbonyl (C=O) groups is 1. The van der Waals surface area contributed by atoms with Crippen LogP contribution in [0.3, 0.4) is 0 Å². The molecule has 1 N–H and O–H groups in total. The summed E-state index contributed by atoms with van der Waals surface area (Å²) in [7, 11) is 0. The zero-order valence-electron chi connectivity index (χ0n) is 17.8. The minimum atomic E-state index is -0.364. The van der Waals surface area contributed by atoms with Gasteiger partial charge in [0, 0.05) is 17.3 Å². The second-order valence-electron chi connectivity index (χ2n) is 7.43. The van der Waals surface area contributed by atoms with Crippen molar-refractivity contribution >= 4 is 23.3 Å². The highest BCUT2D eigenvalue weighted by Gasteiger charge is 2.13. The molecule has 7 heteroatoms. The van der Waals surface area contributed by atoms with Crippen molar-refractivity contribution < 1.29 is 13.9 Å². The molecule has 0 saturated heterocycles. The molecule has 0 saturated carbocycles. The van der Waals surface area contributed by atoms with Gasteiger partial charge in [-0.25, -0.2) is 0 Å². The monoisotopic (exact) mass is 449 g/mol. The lowest BCUT2D eigenvalue weighted by atomic mass is 10.1. The van der Waals surface area contributed by atoms with Gasteiger partial charge < -0.3 is 14.5 Å². The lowest BCUT2D eigenvalue weighted by Gasteiger charge is -2.05. The first-order valence-corrected chi connectivity index (χ1v) is 10.9. The molecule has 2 aromatic carbocycles. The molecule has 0 fully saturated rings. The van der Waals surface area contributed by atoms with Crippen molar-refractivity contribution in [1.29, 1.82) is 0 Å². The molecule has 2 heterocycles. The quantitative estimate of drug-likeness (QED) is 0.342. The van der Waals surface area contributed by atoms with Gasteiger partial charge in [0.1, 0.15) is 18.1 Å². The molecule has 164 valence electrons. The third-order valence-corrected chi connectivity index (χ3v) is 5.12. The summed E-state index contributed by atoms with van der Waals surface area (Å²) >= 11 is 5.92. The third-order valence-electron chi connectivity index (χ3n) is 4.87. The van der Waals surface area contributed by atoms with Crippen LogP contribution in [-0.4, -0.2) is 15.7 Å². The second-order valence-corrected chi connectivity index (χ2v) is 7.86. The number of hydrogen-bond acceptors (Lipinski definition) is 4. The van der Waals surface area contributed by atoms with Gasteiger partial charge in [-0.05, 0) is 53.9 Å². The maximum atomic E-state index is 12.5. The molecule has 0 bridgehead atoms. The summed E-state index contributed by atoms with van der Waals surface area (Å²) < 4.78 is 13.1. The van der Waals surface area contributed by atoms with Crippen molar-refractivity contribution in [3.63, 3.8) is 0 Å². The topological polar surface area (TPSA) is 69.3 Å². The zero-order valence-corrected chi connectivity index (χ0v) is 18.5. The summed E-state index contributed by atoms with van der Waals surface area (Å²) in [6.07, 6.45) is 3.97. The highest BCUT2D eigenvalue weighted by atomic mass is 35.5. The maximum absolute atomic E-state index is 12.5. The first-order valence-electron chi connectivity index (χ1n) is 10.5. The fraction of sp³-hybridized carbons (Fsp3) is 0.200. The van der Waals surface area contributed by atoms with Gasteiger partial charge >= 0.3 is 0 Å². The Morgan fingerprint density at radius 3 is 2.53 bits per heavy atom. The van der Waals surface area contributed by atoms with Crippen LogP contribution >= 0.6 is 11.6 Å². The van der Waals surface area contributed by atoms with E-state index in [4.69, 9.17) is 20.8 Å². The Hall–Kier alpha value is -3.51. The van der Waals surface area contributed by atoms with E-state index in [9.17, 15) is 4.79 Å². The fourth-order valence-corrected chi connectivity index (χ4v) is 3.37. The molecule has 32 heavy (non-hydrogen) atoms. The summed E-state index contributed by atoms with van der Waals surface area (Å²) in [6.45, 7) is 2.98. The standard InChI is InChI=1S/C25H24ClN3O3/c1-2-3-18-6-10-21(11-7-18)31-17-22-12-13-23(32-22)25(30)27-24-14-15-29(28-24)16-19-4-8-20(26)9-5-19/h4-15H,2-3,16-17H2,1H3,(H,27,28,30). The van der Waals surface area contributed by atoms with E-state index in [-0.39, 0.29) is 18.3 Å². The van der Waals surface area contributed by atoms with E-state index in [1.807, 2.05) is 36.4 Å². The molecular weight excluding hydrogens is 426 g/mol. The first kappa shape index (κ1) is 21.7. The van der Waals surface area contributed by atoms with Crippen molar-refractivity contribution in [2.75, 3.05) is 5.32 Å². The molecule has 0 unspecified atom stereocenters. The average molecular weight is 450 g/mol. The Balaban J connectivity index is 1.30. The van der Waals surface area contributed by atoms with Gasteiger partial charge in [-0.1, -0.05) is 49.2 Å². The van der Waals surface area contributed by atoms with Crippen LogP contribution in [0.2, 0.25) is 5.02 Å². The Morgan fingerprint density at radius 2 is 1.78 bits per heavy atom. The van der Waals surface area contributed by atoms with Gasteiger partial charge in [0.2, 0.25) is 0 Å². The molecule has 0 atom stereocenters. The average Bonchev–Trinajstić information content (AvgIpc) is 3.45. The number of furan rings is 1. The van der Waals surface area contributed by atoms with Crippen molar-refractivity contribution in [3.8, 4) is 5.75 Å². The first-order chi connectivity index (χ1) is 15.6. The molecule has 0 spiro atoms. The number of ether oxygens (including phenoxy) is 1. The van der Waals surface area contributed by atoms with E-state index in [1.54, 1.807) is 29.1 Å². The normalized spacial score (nSPS) is 10.8. The molecule has 4 rings (SSSR count). The molecule has 2 aromatic heterocycles. The highest BCUT2D eigenvalue weighted by Crippen LogP contribution is 2.17. The van der Waals surface area contributed by atoms with Crippen LogP contribution < -0.4 is 10.1 Å².